The number of amides is 1. The topological polar surface area (TPSA) is 149 Å². The van der Waals surface area contributed by atoms with Crippen molar-refractivity contribution in [2.24, 2.45) is 0 Å². The molecule has 1 fully saturated rings. The lowest BCUT2D eigenvalue weighted by Gasteiger charge is -2.40. The summed E-state index contributed by atoms with van der Waals surface area (Å²) in [7, 11) is 0. The second kappa shape index (κ2) is 38.2. The SMILES string of the molecule is CCCCCCCCCCCC/C=C\CCCCCCCCCC(=O)NC(COC1OC(CO)C(O)C(O)C1O)C(O)CCCCCCCCCCCCCC. The fourth-order valence-corrected chi connectivity index (χ4v) is 7.74. The first-order chi connectivity index (χ1) is 27.3. The van der Waals surface area contributed by atoms with Gasteiger partial charge in [-0.3, -0.25) is 4.79 Å². The van der Waals surface area contributed by atoms with E-state index in [0.717, 1.165) is 38.5 Å². The maximum absolute atomic E-state index is 13.0. The molecule has 1 heterocycles. The van der Waals surface area contributed by atoms with E-state index in [1.54, 1.807) is 0 Å². The van der Waals surface area contributed by atoms with Crippen LogP contribution in [0.15, 0.2) is 12.2 Å². The number of aliphatic hydroxyl groups is 5. The summed E-state index contributed by atoms with van der Waals surface area (Å²) in [6, 6.07) is -0.716. The predicted molar refractivity (Wildman–Crippen MR) is 231 cm³/mol. The number of unbranched alkanes of at least 4 members (excludes halogenated alkanes) is 28. The summed E-state index contributed by atoms with van der Waals surface area (Å²) in [5.74, 6) is -0.147. The van der Waals surface area contributed by atoms with Gasteiger partial charge in [-0.05, 0) is 38.5 Å². The van der Waals surface area contributed by atoms with Crippen molar-refractivity contribution in [3.05, 3.63) is 12.2 Å². The third-order valence-electron chi connectivity index (χ3n) is 11.6. The van der Waals surface area contributed by atoms with Gasteiger partial charge >= 0.3 is 0 Å². The molecule has 7 unspecified atom stereocenters. The first-order valence-corrected chi connectivity index (χ1v) is 23.9. The highest BCUT2D eigenvalue weighted by Crippen LogP contribution is 2.23. The van der Waals surface area contributed by atoms with Gasteiger partial charge < -0.3 is 40.3 Å². The van der Waals surface area contributed by atoms with E-state index < -0.39 is 49.5 Å². The molecule has 0 saturated carbocycles. The van der Waals surface area contributed by atoms with Gasteiger partial charge in [0, 0.05) is 6.42 Å². The Morgan fingerprint density at radius 1 is 0.589 bits per heavy atom. The number of hydrogen-bond donors (Lipinski definition) is 6. The number of aliphatic hydroxyl groups excluding tert-OH is 5. The van der Waals surface area contributed by atoms with Crippen LogP contribution in [0.5, 0.6) is 0 Å². The van der Waals surface area contributed by atoms with Gasteiger partial charge in [0.25, 0.3) is 0 Å². The Kier molecular flexibility index (Phi) is 36.1. The first kappa shape index (κ1) is 52.9. The lowest BCUT2D eigenvalue weighted by atomic mass is 9.99. The monoisotopic (exact) mass is 798 g/mol. The van der Waals surface area contributed by atoms with Crippen molar-refractivity contribution in [3.8, 4) is 0 Å². The molecule has 9 nitrogen and oxygen atoms in total. The van der Waals surface area contributed by atoms with E-state index in [1.165, 1.54) is 161 Å². The second-order valence-corrected chi connectivity index (χ2v) is 16.9. The summed E-state index contributed by atoms with van der Waals surface area (Å²) >= 11 is 0. The van der Waals surface area contributed by atoms with Crippen molar-refractivity contribution >= 4 is 5.91 Å². The molecule has 0 aliphatic carbocycles. The van der Waals surface area contributed by atoms with Crippen LogP contribution in [0.3, 0.4) is 0 Å². The lowest BCUT2D eigenvalue weighted by Crippen LogP contribution is -2.60. The highest BCUT2D eigenvalue weighted by Gasteiger charge is 2.44. The van der Waals surface area contributed by atoms with E-state index in [2.05, 4.69) is 31.3 Å². The summed E-state index contributed by atoms with van der Waals surface area (Å²) < 4.78 is 11.3. The van der Waals surface area contributed by atoms with Gasteiger partial charge in [0.1, 0.15) is 24.4 Å². The number of hydrogen-bond acceptors (Lipinski definition) is 8. The summed E-state index contributed by atoms with van der Waals surface area (Å²) in [5.41, 5.74) is 0. The van der Waals surface area contributed by atoms with Crippen LogP contribution in [0.2, 0.25) is 0 Å². The van der Waals surface area contributed by atoms with E-state index in [0.29, 0.717) is 12.8 Å². The molecule has 1 saturated heterocycles. The number of allylic oxidation sites excluding steroid dienone is 2. The van der Waals surface area contributed by atoms with E-state index in [1.807, 2.05) is 0 Å². The molecule has 0 aromatic rings. The van der Waals surface area contributed by atoms with Crippen LogP contribution in [0.1, 0.15) is 226 Å². The molecule has 0 radical (unpaired) electrons. The molecule has 1 aliphatic heterocycles. The summed E-state index contributed by atoms with van der Waals surface area (Å²) in [6.45, 7) is 3.83. The van der Waals surface area contributed by atoms with Crippen molar-refractivity contribution in [1.82, 2.24) is 5.32 Å². The van der Waals surface area contributed by atoms with Crippen LogP contribution in [0.25, 0.3) is 0 Å². The number of carbonyl (C=O) groups is 1. The number of nitrogens with one attached hydrogen (secondary N) is 1. The van der Waals surface area contributed by atoms with Crippen LogP contribution >= 0.6 is 0 Å². The molecule has 1 amide bonds. The van der Waals surface area contributed by atoms with Gasteiger partial charge in [0.15, 0.2) is 6.29 Å². The second-order valence-electron chi connectivity index (χ2n) is 16.9. The fraction of sp³-hybridized carbons (Fsp3) is 0.936. The Bertz CT molecular complexity index is 888. The van der Waals surface area contributed by atoms with Crippen LogP contribution in [0.4, 0.5) is 0 Å². The third kappa shape index (κ3) is 28.4. The highest BCUT2D eigenvalue weighted by molar-refractivity contribution is 5.76. The van der Waals surface area contributed by atoms with Crippen LogP contribution < -0.4 is 5.32 Å². The largest absolute Gasteiger partial charge is 0.394 e. The van der Waals surface area contributed by atoms with Gasteiger partial charge in [-0.25, -0.2) is 0 Å². The minimum absolute atomic E-state index is 0.137. The molecule has 0 spiro atoms. The molecule has 0 aromatic heterocycles. The highest BCUT2D eigenvalue weighted by atomic mass is 16.7. The Balaban J connectivity index is 2.27. The average Bonchev–Trinajstić information content (AvgIpc) is 3.20. The predicted octanol–water partition coefficient (Wildman–Crippen LogP) is 10.1. The quantitative estimate of drug-likeness (QED) is 0.0265. The molecule has 9 heteroatoms. The third-order valence-corrected chi connectivity index (χ3v) is 11.6. The van der Waals surface area contributed by atoms with Crippen molar-refractivity contribution in [1.29, 1.82) is 0 Å². The summed E-state index contributed by atoms with van der Waals surface area (Å²) in [5, 5.41) is 54.3. The van der Waals surface area contributed by atoms with Crippen molar-refractivity contribution in [3.63, 3.8) is 0 Å². The van der Waals surface area contributed by atoms with Gasteiger partial charge in [-0.15, -0.1) is 0 Å². The normalized spacial score (nSPS) is 21.2. The minimum Gasteiger partial charge on any atom is -0.394 e. The summed E-state index contributed by atoms with van der Waals surface area (Å²) in [4.78, 5) is 13.0. The Hall–Kier alpha value is -1.07. The molecule has 1 rings (SSSR count). The summed E-state index contributed by atoms with van der Waals surface area (Å²) in [6.07, 6.45) is 36.5. The minimum atomic E-state index is -1.55. The standard InChI is InChI=1S/C47H91NO8/c1-3-5-7-9-11-13-15-17-18-19-20-21-22-23-24-25-27-29-31-33-35-37-43(51)48-40(39-55-47-46(54)45(53)44(52)42(38-49)56-47)41(50)36-34-32-30-28-26-16-14-12-10-8-6-4-2/h21-22,40-42,44-47,49-50,52-54H,3-20,23-39H2,1-2H3,(H,48,51)/b22-21-. The fourth-order valence-electron chi connectivity index (χ4n) is 7.74. The molecule has 1 aliphatic rings. The molecule has 56 heavy (non-hydrogen) atoms. The van der Waals surface area contributed by atoms with Crippen LogP contribution in [-0.2, 0) is 14.3 Å². The van der Waals surface area contributed by atoms with E-state index in [9.17, 15) is 30.3 Å². The van der Waals surface area contributed by atoms with Gasteiger partial charge in [-0.1, -0.05) is 193 Å². The van der Waals surface area contributed by atoms with Gasteiger partial charge in [0.05, 0.1) is 25.4 Å². The number of rotatable bonds is 40. The van der Waals surface area contributed by atoms with Crippen LogP contribution in [-0.4, -0.2) is 87.5 Å². The maximum atomic E-state index is 13.0. The molecule has 0 aromatic carbocycles. The smallest absolute Gasteiger partial charge is 0.220 e. The average molecular weight is 798 g/mol. The van der Waals surface area contributed by atoms with Crippen molar-refractivity contribution in [2.75, 3.05) is 13.2 Å². The number of carbonyl (C=O) groups excluding carboxylic acids is 1. The maximum Gasteiger partial charge on any atom is 0.220 e. The zero-order valence-corrected chi connectivity index (χ0v) is 36.4. The molecular formula is C47H91NO8. The number of ether oxygens (including phenoxy) is 2. The lowest BCUT2D eigenvalue weighted by molar-refractivity contribution is -0.302. The zero-order valence-electron chi connectivity index (χ0n) is 36.4. The Morgan fingerprint density at radius 3 is 1.45 bits per heavy atom. The van der Waals surface area contributed by atoms with Crippen LogP contribution in [0, 0.1) is 0 Å². The van der Waals surface area contributed by atoms with E-state index >= 15 is 0 Å². The Morgan fingerprint density at radius 2 is 1.00 bits per heavy atom. The molecule has 6 N–H and O–H groups in total. The molecular weight excluding hydrogens is 707 g/mol. The molecule has 332 valence electrons. The zero-order chi connectivity index (χ0) is 40.9. The van der Waals surface area contributed by atoms with Crippen molar-refractivity contribution < 1.29 is 39.8 Å². The van der Waals surface area contributed by atoms with E-state index in [4.69, 9.17) is 9.47 Å². The van der Waals surface area contributed by atoms with Crippen molar-refractivity contribution in [2.45, 2.75) is 269 Å². The Labute approximate surface area is 344 Å². The molecule has 7 atom stereocenters. The van der Waals surface area contributed by atoms with Gasteiger partial charge in [-0.2, -0.15) is 0 Å². The van der Waals surface area contributed by atoms with Gasteiger partial charge in [0.2, 0.25) is 5.91 Å². The molecule has 0 bridgehead atoms. The first-order valence-electron chi connectivity index (χ1n) is 23.9. The van der Waals surface area contributed by atoms with E-state index in [-0.39, 0.29) is 12.5 Å².